The van der Waals surface area contributed by atoms with E-state index in [1.807, 2.05) is 0 Å². The lowest BCUT2D eigenvalue weighted by molar-refractivity contribution is 0.271. The summed E-state index contributed by atoms with van der Waals surface area (Å²) in [6, 6.07) is 0.869. The molecular formula is C15H31N. The van der Waals surface area contributed by atoms with E-state index < -0.39 is 0 Å². The molecule has 1 unspecified atom stereocenters. The Bertz CT molecular complexity index is 152. The van der Waals surface area contributed by atoms with Gasteiger partial charge < -0.3 is 5.32 Å². The Hall–Kier alpha value is -0.0400. The molecule has 0 radical (unpaired) electrons. The average molecular weight is 225 g/mol. The van der Waals surface area contributed by atoms with Gasteiger partial charge in [0.15, 0.2) is 0 Å². The van der Waals surface area contributed by atoms with E-state index in [1.54, 1.807) is 0 Å². The fourth-order valence-corrected chi connectivity index (χ4v) is 2.68. The smallest absolute Gasteiger partial charge is 0.00817 e. The Labute approximate surface area is 102 Å². The van der Waals surface area contributed by atoms with Crippen molar-refractivity contribution in [2.45, 2.75) is 84.1 Å². The predicted molar refractivity (Wildman–Crippen MR) is 72.8 cm³/mol. The van der Waals surface area contributed by atoms with Crippen molar-refractivity contribution in [3.63, 3.8) is 0 Å². The molecule has 0 aromatic heterocycles. The number of rotatable bonds is 10. The minimum atomic E-state index is 0.869. The van der Waals surface area contributed by atoms with Crippen molar-refractivity contribution in [2.24, 2.45) is 5.92 Å². The number of nitrogens with one attached hydrogen (secondary N) is 1. The lowest BCUT2D eigenvalue weighted by Gasteiger charge is -2.31. The average Bonchev–Trinajstić information content (AvgIpc) is 2.24. The topological polar surface area (TPSA) is 12.0 Å². The molecule has 1 heterocycles. The normalized spacial score (nSPS) is 21.8. The van der Waals surface area contributed by atoms with E-state index >= 15 is 0 Å². The van der Waals surface area contributed by atoms with Gasteiger partial charge in [0.2, 0.25) is 0 Å². The number of unbranched alkanes of at least 4 members (excludes halogenated alkanes) is 4. The Morgan fingerprint density at radius 2 is 1.69 bits per heavy atom. The monoisotopic (exact) mass is 225 g/mol. The zero-order chi connectivity index (χ0) is 11.6. The largest absolute Gasteiger partial charge is 0.314 e. The van der Waals surface area contributed by atoms with Crippen LogP contribution in [0.25, 0.3) is 0 Å². The molecule has 1 rings (SSSR count). The SMILES string of the molecule is CCCCCCC(CCCC)C[C@@H]1CCN1. The van der Waals surface area contributed by atoms with Gasteiger partial charge in [-0.25, -0.2) is 0 Å². The van der Waals surface area contributed by atoms with Crippen LogP contribution in [0, 0.1) is 5.92 Å². The van der Waals surface area contributed by atoms with Gasteiger partial charge in [-0.05, 0) is 25.3 Å². The van der Waals surface area contributed by atoms with Gasteiger partial charge in [-0.2, -0.15) is 0 Å². The zero-order valence-corrected chi connectivity index (χ0v) is 11.4. The second-order valence-electron chi connectivity index (χ2n) is 5.53. The minimum Gasteiger partial charge on any atom is -0.314 e. The zero-order valence-electron chi connectivity index (χ0n) is 11.4. The van der Waals surface area contributed by atoms with Crippen LogP contribution in [0.5, 0.6) is 0 Å². The first-order chi connectivity index (χ1) is 7.86. The molecule has 1 aliphatic heterocycles. The summed E-state index contributed by atoms with van der Waals surface area (Å²) in [5, 5.41) is 3.55. The second-order valence-corrected chi connectivity index (χ2v) is 5.53. The third kappa shape index (κ3) is 5.89. The maximum atomic E-state index is 3.55. The van der Waals surface area contributed by atoms with Crippen LogP contribution in [-0.4, -0.2) is 12.6 Å². The lowest BCUT2D eigenvalue weighted by Crippen LogP contribution is -2.43. The van der Waals surface area contributed by atoms with Crippen molar-refractivity contribution in [1.29, 1.82) is 0 Å². The summed E-state index contributed by atoms with van der Waals surface area (Å²) < 4.78 is 0. The first-order valence-electron chi connectivity index (χ1n) is 7.60. The summed E-state index contributed by atoms with van der Waals surface area (Å²) in [5.41, 5.74) is 0. The summed E-state index contributed by atoms with van der Waals surface area (Å²) in [6.07, 6.45) is 14.4. The van der Waals surface area contributed by atoms with Crippen molar-refractivity contribution in [3.8, 4) is 0 Å². The van der Waals surface area contributed by atoms with E-state index in [0.717, 1.165) is 12.0 Å². The third-order valence-electron chi connectivity index (χ3n) is 3.98. The molecule has 16 heavy (non-hydrogen) atoms. The Kier molecular flexibility index (Phi) is 7.92. The molecule has 0 amide bonds. The Morgan fingerprint density at radius 1 is 1.00 bits per heavy atom. The molecule has 0 aromatic carbocycles. The van der Waals surface area contributed by atoms with E-state index in [0.29, 0.717) is 0 Å². The first kappa shape index (κ1) is 14.0. The van der Waals surface area contributed by atoms with Crippen molar-refractivity contribution in [2.75, 3.05) is 6.54 Å². The molecule has 0 bridgehead atoms. The molecule has 96 valence electrons. The molecule has 1 saturated heterocycles. The van der Waals surface area contributed by atoms with Crippen LogP contribution in [0.15, 0.2) is 0 Å². The predicted octanol–water partition coefficient (Wildman–Crippen LogP) is 4.52. The summed E-state index contributed by atoms with van der Waals surface area (Å²) >= 11 is 0. The van der Waals surface area contributed by atoms with Crippen LogP contribution in [0.2, 0.25) is 0 Å². The lowest BCUT2D eigenvalue weighted by atomic mass is 9.86. The highest BCUT2D eigenvalue weighted by Crippen LogP contribution is 2.24. The highest BCUT2D eigenvalue weighted by Gasteiger charge is 2.20. The molecule has 0 saturated carbocycles. The van der Waals surface area contributed by atoms with Gasteiger partial charge in [0.1, 0.15) is 0 Å². The van der Waals surface area contributed by atoms with Crippen LogP contribution in [-0.2, 0) is 0 Å². The first-order valence-corrected chi connectivity index (χ1v) is 7.60. The molecule has 0 aliphatic carbocycles. The van der Waals surface area contributed by atoms with Gasteiger partial charge in [0, 0.05) is 6.04 Å². The van der Waals surface area contributed by atoms with Crippen LogP contribution in [0.3, 0.4) is 0 Å². The van der Waals surface area contributed by atoms with Gasteiger partial charge in [-0.3, -0.25) is 0 Å². The van der Waals surface area contributed by atoms with Gasteiger partial charge in [-0.15, -0.1) is 0 Å². The highest BCUT2D eigenvalue weighted by molar-refractivity contribution is 4.80. The molecule has 2 atom stereocenters. The van der Waals surface area contributed by atoms with Crippen LogP contribution >= 0.6 is 0 Å². The fraction of sp³-hybridized carbons (Fsp3) is 1.00. The molecule has 1 N–H and O–H groups in total. The summed E-state index contributed by atoms with van der Waals surface area (Å²) in [6.45, 7) is 5.88. The third-order valence-corrected chi connectivity index (χ3v) is 3.98. The summed E-state index contributed by atoms with van der Waals surface area (Å²) in [7, 11) is 0. The van der Waals surface area contributed by atoms with Gasteiger partial charge >= 0.3 is 0 Å². The molecule has 0 spiro atoms. The molecule has 1 nitrogen and oxygen atoms in total. The Balaban J connectivity index is 2.09. The van der Waals surface area contributed by atoms with Crippen LogP contribution in [0.4, 0.5) is 0 Å². The maximum absolute atomic E-state index is 3.55. The molecule has 1 heteroatoms. The molecule has 1 aliphatic rings. The van der Waals surface area contributed by atoms with Crippen molar-refractivity contribution in [1.82, 2.24) is 5.32 Å². The van der Waals surface area contributed by atoms with E-state index in [4.69, 9.17) is 0 Å². The molecular weight excluding hydrogens is 194 g/mol. The quantitative estimate of drug-likeness (QED) is 0.539. The van der Waals surface area contributed by atoms with Crippen molar-refractivity contribution >= 4 is 0 Å². The second kappa shape index (κ2) is 9.04. The number of hydrogen-bond acceptors (Lipinski definition) is 1. The van der Waals surface area contributed by atoms with Gasteiger partial charge in [-0.1, -0.05) is 65.2 Å². The molecule has 1 fully saturated rings. The maximum Gasteiger partial charge on any atom is 0.00817 e. The summed E-state index contributed by atoms with van der Waals surface area (Å²) in [4.78, 5) is 0. The standard InChI is InChI=1S/C15H31N/c1-3-5-7-8-10-14(9-6-4-2)13-15-11-12-16-15/h14-16H,3-13H2,1-2H3/t14?,15-/m0/s1. The van der Waals surface area contributed by atoms with E-state index in [9.17, 15) is 0 Å². The van der Waals surface area contributed by atoms with E-state index in [2.05, 4.69) is 19.2 Å². The van der Waals surface area contributed by atoms with E-state index in [-0.39, 0.29) is 0 Å². The minimum absolute atomic E-state index is 0.869. The van der Waals surface area contributed by atoms with Crippen molar-refractivity contribution in [3.05, 3.63) is 0 Å². The number of hydrogen-bond donors (Lipinski definition) is 1. The van der Waals surface area contributed by atoms with Gasteiger partial charge in [0.05, 0.1) is 0 Å². The van der Waals surface area contributed by atoms with Crippen molar-refractivity contribution < 1.29 is 0 Å². The van der Waals surface area contributed by atoms with Crippen LogP contribution in [0.1, 0.15) is 78.1 Å². The molecule has 0 aromatic rings. The van der Waals surface area contributed by atoms with E-state index in [1.165, 1.54) is 70.8 Å². The fourth-order valence-electron chi connectivity index (χ4n) is 2.68. The highest BCUT2D eigenvalue weighted by atomic mass is 15.0. The summed E-state index contributed by atoms with van der Waals surface area (Å²) in [5.74, 6) is 1.01. The van der Waals surface area contributed by atoms with Gasteiger partial charge in [0.25, 0.3) is 0 Å². The van der Waals surface area contributed by atoms with Crippen LogP contribution < -0.4 is 5.32 Å². The Morgan fingerprint density at radius 3 is 2.25 bits per heavy atom.